The lowest BCUT2D eigenvalue weighted by atomic mass is 10.1. The quantitative estimate of drug-likeness (QED) is 0.794. The maximum atomic E-state index is 12.4. The molecular weight excluding hydrogens is 276 g/mol. The SMILES string of the molecule is CCCn1c(-c2ccccc2)cc(=O)n(CCCl)c1=O. The number of nitrogens with zero attached hydrogens (tertiary/aromatic N) is 2. The van der Waals surface area contributed by atoms with E-state index in [-0.39, 0.29) is 23.7 Å². The number of benzene rings is 1. The predicted molar refractivity (Wildman–Crippen MR) is 81.4 cm³/mol. The number of alkyl halides is 1. The largest absolute Gasteiger partial charge is 0.331 e. The Morgan fingerprint density at radius 1 is 1.05 bits per heavy atom. The molecule has 106 valence electrons. The Morgan fingerprint density at radius 3 is 2.35 bits per heavy atom. The maximum absolute atomic E-state index is 12.4. The predicted octanol–water partition coefficient (Wildman–Crippen LogP) is 2.33. The summed E-state index contributed by atoms with van der Waals surface area (Å²) in [6.07, 6.45) is 0.818. The summed E-state index contributed by atoms with van der Waals surface area (Å²) in [4.78, 5) is 24.5. The Kier molecular flexibility index (Phi) is 4.79. The third-order valence-corrected chi connectivity index (χ3v) is 3.27. The van der Waals surface area contributed by atoms with Gasteiger partial charge in [0, 0.05) is 25.0 Å². The van der Waals surface area contributed by atoms with Crippen LogP contribution in [0.1, 0.15) is 13.3 Å². The second-order valence-corrected chi connectivity index (χ2v) is 4.89. The second kappa shape index (κ2) is 6.57. The summed E-state index contributed by atoms with van der Waals surface area (Å²) in [7, 11) is 0. The van der Waals surface area contributed by atoms with Gasteiger partial charge in [0.05, 0.1) is 5.69 Å². The molecule has 1 aromatic carbocycles. The monoisotopic (exact) mass is 292 g/mol. The van der Waals surface area contributed by atoms with E-state index in [1.807, 2.05) is 37.3 Å². The van der Waals surface area contributed by atoms with E-state index in [4.69, 9.17) is 11.6 Å². The highest BCUT2D eigenvalue weighted by molar-refractivity contribution is 6.17. The van der Waals surface area contributed by atoms with Crippen molar-refractivity contribution in [1.29, 1.82) is 0 Å². The Labute approximate surface area is 122 Å². The van der Waals surface area contributed by atoms with Crippen molar-refractivity contribution in [2.75, 3.05) is 5.88 Å². The fourth-order valence-electron chi connectivity index (χ4n) is 2.19. The van der Waals surface area contributed by atoms with E-state index >= 15 is 0 Å². The van der Waals surface area contributed by atoms with Gasteiger partial charge in [-0.15, -0.1) is 11.6 Å². The van der Waals surface area contributed by atoms with Gasteiger partial charge in [-0.1, -0.05) is 37.3 Å². The van der Waals surface area contributed by atoms with Gasteiger partial charge in [-0.05, 0) is 12.0 Å². The van der Waals surface area contributed by atoms with Crippen molar-refractivity contribution in [3.8, 4) is 11.3 Å². The normalized spacial score (nSPS) is 10.7. The number of rotatable bonds is 5. The minimum absolute atomic E-state index is 0.234. The Bertz CT molecular complexity index is 689. The van der Waals surface area contributed by atoms with E-state index < -0.39 is 0 Å². The van der Waals surface area contributed by atoms with E-state index in [0.717, 1.165) is 12.0 Å². The average Bonchev–Trinajstić information content (AvgIpc) is 2.47. The molecule has 0 unspecified atom stereocenters. The highest BCUT2D eigenvalue weighted by atomic mass is 35.5. The molecule has 5 heteroatoms. The van der Waals surface area contributed by atoms with Crippen molar-refractivity contribution in [3.63, 3.8) is 0 Å². The maximum Gasteiger partial charge on any atom is 0.331 e. The fraction of sp³-hybridized carbons (Fsp3) is 0.333. The van der Waals surface area contributed by atoms with Gasteiger partial charge in [0.2, 0.25) is 0 Å². The average molecular weight is 293 g/mol. The molecule has 0 spiro atoms. The molecule has 0 aliphatic carbocycles. The molecule has 2 rings (SSSR count). The third kappa shape index (κ3) is 2.85. The van der Waals surface area contributed by atoms with E-state index in [1.165, 1.54) is 10.6 Å². The van der Waals surface area contributed by atoms with E-state index in [0.29, 0.717) is 12.2 Å². The van der Waals surface area contributed by atoms with Crippen LogP contribution >= 0.6 is 11.6 Å². The highest BCUT2D eigenvalue weighted by Gasteiger charge is 2.11. The van der Waals surface area contributed by atoms with Crippen LogP contribution in [0.25, 0.3) is 11.3 Å². The Hall–Kier alpha value is -1.81. The van der Waals surface area contributed by atoms with Crippen LogP contribution in [0.5, 0.6) is 0 Å². The van der Waals surface area contributed by atoms with Crippen molar-refractivity contribution in [2.45, 2.75) is 26.4 Å². The second-order valence-electron chi connectivity index (χ2n) is 4.51. The van der Waals surface area contributed by atoms with E-state index in [9.17, 15) is 9.59 Å². The number of hydrogen-bond acceptors (Lipinski definition) is 2. The zero-order valence-corrected chi connectivity index (χ0v) is 12.1. The lowest BCUT2D eigenvalue weighted by molar-refractivity contribution is 0.569. The van der Waals surface area contributed by atoms with Crippen LogP contribution in [0.2, 0.25) is 0 Å². The smallest absolute Gasteiger partial charge is 0.293 e. The van der Waals surface area contributed by atoms with Crippen molar-refractivity contribution in [3.05, 3.63) is 57.2 Å². The molecule has 0 saturated heterocycles. The van der Waals surface area contributed by atoms with Gasteiger partial charge in [0.15, 0.2) is 0 Å². The molecule has 0 fully saturated rings. The molecule has 4 nitrogen and oxygen atoms in total. The minimum Gasteiger partial charge on any atom is -0.293 e. The molecule has 0 aliphatic heterocycles. The summed E-state index contributed by atoms with van der Waals surface area (Å²) in [5.41, 5.74) is 0.933. The lowest BCUT2D eigenvalue weighted by Gasteiger charge is -2.14. The van der Waals surface area contributed by atoms with Crippen molar-refractivity contribution in [1.82, 2.24) is 9.13 Å². The van der Waals surface area contributed by atoms with Gasteiger partial charge < -0.3 is 0 Å². The minimum atomic E-state index is -0.304. The lowest BCUT2D eigenvalue weighted by Crippen LogP contribution is -2.40. The zero-order valence-electron chi connectivity index (χ0n) is 11.4. The molecule has 1 aromatic heterocycles. The first kappa shape index (κ1) is 14.6. The number of hydrogen-bond donors (Lipinski definition) is 0. The summed E-state index contributed by atoms with van der Waals surface area (Å²) in [6, 6.07) is 11.0. The molecular formula is C15H17ClN2O2. The first-order chi connectivity index (χ1) is 9.69. The summed E-state index contributed by atoms with van der Waals surface area (Å²) < 4.78 is 2.83. The molecule has 0 N–H and O–H groups in total. The van der Waals surface area contributed by atoms with Gasteiger partial charge in [0.25, 0.3) is 5.56 Å². The summed E-state index contributed by atoms with van der Waals surface area (Å²) in [5, 5.41) is 0. The molecule has 0 atom stereocenters. The van der Waals surface area contributed by atoms with Crippen LogP contribution < -0.4 is 11.2 Å². The van der Waals surface area contributed by atoms with Crippen LogP contribution in [0, 0.1) is 0 Å². The molecule has 20 heavy (non-hydrogen) atoms. The van der Waals surface area contributed by atoms with Gasteiger partial charge in [-0.2, -0.15) is 0 Å². The molecule has 1 heterocycles. The molecule has 0 radical (unpaired) electrons. The van der Waals surface area contributed by atoms with Gasteiger partial charge in [-0.25, -0.2) is 4.79 Å². The molecule has 0 saturated carbocycles. The first-order valence-corrected chi connectivity index (χ1v) is 7.18. The number of aromatic nitrogens is 2. The number of halogens is 1. The highest BCUT2D eigenvalue weighted by Crippen LogP contribution is 2.16. The van der Waals surface area contributed by atoms with Crippen LogP contribution in [-0.4, -0.2) is 15.0 Å². The topological polar surface area (TPSA) is 44.0 Å². The Balaban J connectivity index is 2.69. The van der Waals surface area contributed by atoms with Crippen LogP contribution in [0.15, 0.2) is 46.0 Å². The molecule has 2 aromatic rings. The standard InChI is InChI=1S/C15H17ClN2O2/c1-2-9-17-13(12-6-4-3-5-7-12)11-14(19)18(10-8-16)15(17)20/h3-7,11H,2,8-10H2,1H3. The summed E-state index contributed by atoms with van der Waals surface area (Å²) >= 11 is 5.66. The van der Waals surface area contributed by atoms with Crippen LogP contribution in [0.4, 0.5) is 0 Å². The summed E-state index contributed by atoms with van der Waals surface area (Å²) in [6.45, 7) is 2.81. The van der Waals surface area contributed by atoms with Crippen molar-refractivity contribution < 1.29 is 0 Å². The van der Waals surface area contributed by atoms with Gasteiger partial charge in [-0.3, -0.25) is 13.9 Å². The van der Waals surface area contributed by atoms with Crippen molar-refractivity contribution in [2.24, 2.45) is 0 Å². The fourth-order valence-corrected chi connectivity index (χ4v) is 2.36. The van der Waals surface area contributed by atoms with Crippen molar-refractivity contribution >= 4 is 11.6 Å². The van der Waals surface area contributed by atoms with Gasteiger partial charge in [0.1, 0.15) is 0 Å². The van der Waals surface area contributed by atoms with Crippen LogP contribution in [-0.2, 0) is 13.1 Å². The third-order valence-electron chi connectivity index (χ3n) is 3.10. The van der Waals surface area contributed by atoms with E-state index in [2.05, 4.69) is 0 Å². The van der Waals surface area contributed by atoms with E-state index in [1.54, 1.807) is 4.57 Å². The molecule has 0 bridgehead atoms. The Morgan fingerprint density at radius 2 is 1.75 bits per heavy atom. The zero-order chi connectivity index (χ0) is 14.5. The molecule has 0 aliphatic rings. The molecule has 0 amide bonds. The van der Waals surface area contributed by atoms with Crippen LogP contribution in [0.3, 0.4) is 0 Å². The first-order valence-electron chi connectivity index (χ1n) is 6.65. The summed E-state index contributed by atoms with van der Waals surface area (Å²) in [5.74, 6) is 0.242. The van der Waals surface area contributed by atoms with Gasteiger partial charge >= 0.3 is 5.69 Å².